The number of aliphatic hydroxyl groups excluding tert-OH is 1. The molecule has 3 unspecified atom stereocenters. The van der Waals surface area contributed by atoms with Crippen LogP contribution in [0.25, 0.3) is 0 Å². The van der Waals surface area contributed by atoms with Crippen molar-refractivity contribution >= 4 is 25.7 Å². The van der Waals surface area contributed by atoms with E-state index in [0.717, 1.165) is 32.1 Å². The smallest absolute Gasteiger partial charge is 0.472 e. The van der Waals surface area contributed by atoms with Crippen LogP contribution in [-0.2, 0) is 32.7 Å². The van der Waals surface area contributed by atoms with Gasteiger partial charge in [0.15, 0.2) is 6.04 Å². The quantitative estimate of drug-likeness (QED) is 0.0400. The lowest BCUT2D eigenvalue weighted by Gasteiger charge is -2.18. The number of ether oxygens (including phenoxy) is 1. The Morgan fingerprint density at radius 3 is 1.95 bits per heavy atom. The maximum Gasteiger partial charge on any atom is 0.472 e. The summed E-state index contributed by atoms with van der Waals surface area (Å²) in [6.07, 6.45) is 22.3. The van der Waals surface area contributed by atoms with Gasteiger partial charge in [0.2, 0.25) is 5.91 Å². The molecule has 41 heavy (non-hydrogen) atoms. The largest absolute Gasteiger partial charge is 0.480 e. The minimum atomic E-state index is -4.71. The molecular weight excluding hydrogens is 553 g/mol. The van der Waals surface area contributed by atoms with E-state index in [-0.39, 0.29) is 12.8 Å². The van der Waals surface area contributed by atoms with Crippen molar-refractivity contribution in [1.82, 2.24) is 5.32 Å². The van der Waals surface area contributed by atoms with Crippen molar-refractivity contribution in [2.24, 2.45) is 0 Å². The van der Waals surface area contributed by atoms with Crippen LogP contribution in [0.1, 0.15) is 110 Å². The van der Waals surface area contributed by atoms with Crippen molar-refractivity contribution < 1.29 is 47.8 Å². The summed E-state index contributed by atoms with van der Waals surface area (Å²) in [6, 6.07) is -1.54. The van der Waals surface area contributed by atoms with Crippen LogP contribution in [0.5, 0.6) is 0 Å². The van der Waals surface area contributed by atoms with Gasteiger partial charge >= 0.3 is 19.8 Å². The fourth-order valence-corrected chi connectivity index (χ4v) is 4.37. The van der Waals surface area contributed by atoms with Gasteiger partial charge in [0.25, 0.3) is 0 Å². The van der Waals surface area contributed by atoms with Gasteiger partial charge in [0, 0.05) is 12.8 Å². The van der Waals surface area contributed by atoms with Crippen molar-refractivity contribution in [3.63, 3.8) is 0 Å². The number of rotatable bonds is 27. The number of phosphoric ester groups is 1. The standard InChI is InChI=1S/C29H52NO10P/c1-3-5-6-7-8-9-10-11-12-13-14-15-16-17-18-19-20-21-28(33)38-22-25(31)23-39-41(36,37)40-24-26(29(34)35)30-27(32)4-2/h8-9,11-12,25-26,31H,3-7,10,13-24H2,1-2H3,(H,30,32)(H,34,35)(H,36,37)/b9-8-,12-11-. The van der Waals surface area contributed by atoms with E-state index in [1.54, 1.807) is 0 Å². The number of amides is 1. The number of allylic oxidation sites excluding steroid dienone is 4. The molecule has 0 aliphatic carbocycles. The molecule has 0 saturated carbocycles. The van der Waals surface area contributed by atoms with Gasteiger partial charge in [-0.2, -0.15) is 0 Å². The van der Waals surface area contributed by atoms with E-state index in [1.807, 2.05) is 0 Å². The number of carboxylic acid groups (broad SMARTS) is 1. The summed E-state index contributed by atoms with van der Waals surface area (Å²) in [5.74, 6) is -2.50. The van der Waals surface area contributed by atoms with Gasteiger partial charge in [-0.15, -0.1) is 0 Å². The number of aliphatic hydroxyl groups is 1. The van der Waals surface area contributed by atoms with Crippen LogP contribution in [0, 0.1) is 0 Å². The zero-order chi connectivity index (χ0) is 30.8. The zero-order valence-electron chi connectivity index (χ0n) is 24.8. The molecule has 0 bridgehead atoms. The van der Waals surface area contributed by atoms with E-state index in [4.69, 9.17) is 9.84 Å². The molecule has 4 N–H and O–H groups in total. The summed E-state index contributed by atoms with van der Waals surface area (Å²) in [5.41, 5.74) is 0. The monoisotopic (exact) mass is 605 g/mol. The summed E-state index contributed by atoms with van der Waals surface area (Å²) in [7, 11) is -4.71. The number of nitrogens with one attached hydrogen (secondary N) is 1. The lowest BCUT2D eigenvalue weighted by molar-refractivity contribution is -0.147. The Balaban J connectivity index is 3.78. The van der Waals surface area contributed by atoms with Crippen molar-refractivity contribution in [2.75, 3.05) is 19.8 Å². The fraction of sp³-hybridized carbons (Fsp3) is 0.759. The molecule has 0 saturated heterocycles. The van der Waals surface area contributed by atoms with Crippen LogP contribution in [0.2, 0.25) is 0 Å². The molecule has 0 rings (SSSR count). The zero-order valence-corrected chi connectivity index (χ0v) is 25.7. The van der Waals surface area contributed by atoms with Crippen LogP contribution in [0.3, 0.4) is 0 Å². The second-order valence-electron chi connectivity index (χ2n) is 9.90. The number of hydrogen-bond acceptors (Lipinski definition) is 8. The van der Waals surface area contributed by atoms with Crippen LogP contribution < -0.4 is 5.32 Å². The minimum Gasteiger partial charge on any atom is -0.480 e. The second kappa shape index (κ2) is 25.7. The van der Waals surface area contributed by atoms with Crippen LogP contribution >= 0.6 is 7.82 Å². The molecule has 238 valence electrons. The molecule has 1 amide bonds. The van der Waals surface area contributed by atoms with Crippen LogP contribution in [-0.4, -0.2) is 64.9 Å². The van der Waals surface area contributed by atoms with Gasteiger partial charge in [-0.05, 0) is 38.5 Å². The number of aliphatic carboxylic acids is 1. The number of hydrogen-bond donors (Lipinski definition) is 4. The highest BCUT2D eigenvalue weighted by atomic mass is 31.2. The maximum absolute atomic E-state index is 11.9. The number of unbranched alkanes of at least 4 members (excludes halogenated alkanes) is 10. The molecular formula is C29H52NO10P. The molecule has 0 heterocycles. The number of carboxylic acids is 1. The van der Waals surface area contributed by atoms with Crippen molar-refractivity contribution in [3.05, 3.63) is 24.3 Å². The lowest BCUT2D eigenvalue weighted by atomic mass is 10.1. The van der Waals surface area contributed by atoms with Gasteiger partial charge in [-0.1, -0.05) is 83.1 Å². The molecule has 0 fully saturated rings. The number of carbonyl (C=O) groups is 3. The first-order valence-electron chi connectivity index (χ1n) is 14.9. The van der Waals surface area contributed by atoms with E-state index < -0.39 is 57.6 Å². The third-order valence-electron chi connectivity index (χ3n) is 6.06. The molecule has 0 aromatic carbocycles. The molecule has 0 radical (unpaired) electrons. The Morgan fingerprint density at radius 2 is 1.37 bits per heavy atom. The average Bonchev–Trinajstić information content (AvgIpc) is 2.94. The topological polar surface area (TPSA) is 169 Å². The number of carbonyl (C=O) groups excluding carboxylic acids is 2. The van der Waals surface area contributed by atoms with Gasteiger partial charge in [0.05, 0.1) is 13.2 Å². The fourth-order valence-electron chi connectivity index (χ4n) is 3.60. The Morgan fingerprint density at radius 1 is 0.805 bits per heavy atom. The predicted octanol–water partition coefficient (Wildman–Crippen LogP) is 5.60. The molecule has 0 aliphatic heterocycles. The SMILES string of the molecule is CCCCC/C=C\C/C=C\CCCCCCCCCC(=O)OCC(O)COP(=O)(O)OCC(NC(=O)CC)C(=O)O. The molecule has 0 spiro atoms. The van der Waals surface area contributed by atoms with E-state index in [9.17, 15) is 28.9 Å². The third kappa shape index (κ3) is 25.4. The molecule has 0 aliphatic rings. The Kier molecular flexibility index (Phi) is 24.4. The van der Waals surface area contributed by atoms with Crippen LogP contribution in [0.15, 0.2) is 24.3 Å². The summed E-state index contributed by atoms with van der Waals surface area (Å²) in [6.45, 7) is 1.82. The number of esters is 1. The first-order chi connectivity index (χ1) is 19.6. The van der Waals surface area contributed by atoms with Crippen molar-refractivity contribution in [2.45, 2.75) is 122 Å². The Hall–Kier alpha value is -2.04. The average molecular weight is 606 g/mol. The summed E-state index contributed by atoms with van der Waals surface area (Å²) in [4.78, 5) is 44.0. The highest BCUT2D eigenvalue weighted by Gasteiger charge is 2.28. The first kappa shape index (κ1) is 39.0. The minimum absolute atomic E-state index is 0.0260. The highest BCUT2D eigenvalue weighted by Crippen LogP contribution is 2.43. The number of phosphoric acid groups is 1. The predicted molar refractivity (Wildman–Crippen MR) is 157 cm³/mol. The summed E-state index contributed by atoms with van der Waals surface area (Å²) < 4.78 is 26.1. The van der Waals surface area contributed by atoms with Gasteiger partial charge in [-0.3, -0.25) is 18.6 Å². The molecule has 11 nitrogen and oxygen atoms in total. The third-order valence-corrected chi connectivity index (χ3v) is 7.01. The molecule has 0 aromatic heterocycles. The van der Waals surface area contributed by atoms with E-state index in [0.29, 0.717) is 6.42 Å². The summed E-state index contributed by atoms with van der Waals surface area (Å²) in [5, 5.41) is 21.0. The van der Waals surface area contributed by atoms with Gasteiger partial charge < -0.3 is 25.2 Å². The van der Waals surface area contributed by atoms with Gasteiger partial charge in [-0.25, -0.2) is 9.36 Å². The highest BCUT2D eigenvalue weighted by molar-refractivity contribution is 7.47. The van der Waals surface area contributed by atoms with Crippen molar-refractivity contribution in [3.8, 4) is 0 Å². The molecule has 0 aromatic rings. The Bertz CT molecular complexity index is 817. The second-order valence-corrected chi connectivity index (χ2v) is 11.4. The maximum atomic E-state index is 11.9. The van der Waals surface area contributed by atoms with E-state index in [1.165, 1.54) is 51.9 Å². The van der Waals surface area contributed by atoms with E-state index in [2.05, 4.69) is 45.6 Å². The van der Waals surface area contributed by atoms with Gasteiger partial charge in [0.1, 0.15) is 12.7 Å². The first-order valence-corrected chi connectivity index (χ1v) is 16.4. The molecule has 3 atom stereocenters. The lowest BCUT2D eigenvalue weighted by Crippen LogP contribution is -2.43. The van der Waals surface area contributed by atoms with Crippen molar-refractivity contribution in [1.29, 1.82) is 0 Å². The summed E-state index contributed by atoms with van der Waals surface area (Å²) >= 11 is 0. The Labute approximate surface area is 245 Å². The van der Waals surface area contributed by atoms with E-state index >= 15 is 0 Å². The molecule has 12 heteroatoms. The van der Waals surface area contributed by atoms with Crippen LogP contribution in [0.4, 0.5) is 0 Å². The normalized spacial score (nSPS) is 14.6.